The van der Waals surface area contributed by atoms with E-state index in [2.05, 4.69) is 36.1 Å². The summed E-state index contributed by atoms with van der Waals surface area (Å²) in [5.74, 6) is 2.92. The minimum Gasteiger partial charge on any atom is -0.497 e. The van der Waals surface area contributed by atoms with Gasteiger partial charge in [0.25, 0.3) is 5.91 Å². The summed E-state index contributed by atoms with van der Waals surface area (Å²) in [5.41, 5.74) is 8.80. The van der Waals surface area contributed by atoms with Crippen molar-refractivity contribution >= 4 is 34.5 Å². The zero-order valence-corrected chi connectivity index (χ0v) is 32.2. The highest BCUT2D eigenvalue weighted by molar-refractivity contribution is 6.04. The Balaban J connectivity index is 0.000000172. The predicted octanol–water partition coefficient (Wildman–Crippen LogP) is 8.08. The Labute approximate surface area is 339 Å². The van der Waals surface area contributed by atoms with Crippen LogP contribution >= 0.6 is 0 Å². The van der Waals surface area contributed by atoms with E-state index in [1.807, 2.05) is 104 Å². The van der Waals surface area contributed by atoms with Crippen molar-refractivity contribution in [3.05, 3.63) is 175 Å². The van der Waals surface area contributed by atoms with Gasteiger partial charge in [-0.2, -0.15) is 10.2 Å². The number of carbonyl (C=O) groups is 1. The highest BCUT2D eigenvalue weighted by atomic mass is 16.5. The van der Waals surface area contributed by atoms with Crippen LogP contribution in [-0.2, 0) is 13.1 Å². The number of ether oxygens (including phenoxy) is 2. The Kier molecular flexibility index (Phi) is 11.4. The molecule has 0 spiro atoms. The number of aromatic nitrogens is 8. The van der Waals surface area contributed by atoms with Crippen LogP contribution in [0.4, 0.5) is 17.3 Å². The molecule has 59 heavy (non-hydrogen) atoms. The minimum absolute atomic E-state index is 0.184. The van der Waals surface area contributed by atoms with E-state index >= 15 is 0 Å². The molecule has 0 unspecified atom stereocenters. The molecule has 6 heterocycles. The maximum Gasteiger partial charge on any atom is 0.255 e. The maximum atomic E-state index is 12.6. The average Bonchev–Trinajstić information content (AvgIpc) is 3.93. The van der Waals surface area contributed by atoms with Crippen LogP contribution in [0.3, 0.4) is 0 Å². The third kappa shape index (κ3) is 9.13. The van der Waals surface area contributed by atoms with Crippen LogP contribution in [0, 0.1) is 0 Å². The number of nitrogens with zero attached hydrogens (tertiary/aromatic N) is 8. The first-order valence-corrected chi connectivity index (χ1v) is 18.7. The van der Waals surface area contributed by atoms with Crippen molar-refractivity contribution < 1.29 is 14.3 Å². The van der Waals surface area contributed by atoms with E-state index in [-0.39, 0.29) is 5.91 Å². The van der Waals surface area contributed by atoms with E-state index in [1.54, 1.807) is 78.2 Å². The molecule has 0 aliphatic carbocycles. The second kappa shape index (κ2) is 17.8. The number of pyridine rings is 2. The molecule has 292 valence electrons. The standard InChI is InChI=1S/C26H22N6O2.C19H17N5O/c1-34-22-10-8-21(9-11-22)30-26(33)20-6-4-19(5-7-20)23-17-29-32-14-12-24(31-25(23)32)28-16-18-3-2-13-27-15-18;1-25-16-6-4-15(5-7-16)17-13-22-24-10-8-18(23-19(17)24)21-12-14-3-2-9-20-11-14/h2-15,17H,16H2,1H3,(H,28,31)(H,30,33);2-11,13H,12H2,1H3,(H,21,23). The molecule has 1 amide bonds. The Morgan fingerprint density at radius 3 is 1.51 bits per heavy atom. The van der Waals surface area contributed by atoms with Crippen molar-refractivity contribution in [3.8, 4) is 33.8 Å². The van der Waals surface area contributed by atoms with E-state index < -0.39 is 0 Å². The van der Waals surface area contributed by atoms with Crippen LogP contribution in [0.5, 0.6) is 11.5 Å². The zero-order chi connectivity index (χ0) is 40.4. The topological polar surface area (TPSA) is 158 Å². The van der Waals surface area contributed by atoms with Crippen molar-refractivity contribution in [3.63, 3.8) is 0 Å². The molecule has 0 aliphatic rings. The fourth-order valence-corrected chi connectivity index (χ4v) is 6.18. The number of carbonyl (C=O) groups excluding carboxylic acids is 1. The second-order valence-electron chi connectivity index (χ2n) is 13.2. The number of benzene rings is 3. The van der Waals surface area contributed by atoms with Gasteiger partial charge in [0.2, 0.25) is 0 Å². The molecule has 0 saturated carbocycles. The van der Waals surface area contributed by atoms with Crippen LogP contribution in [0.25, 0.3) is 33.5 Å². The number of rotatable bonds is 12. The number of fused-ring (bicyclic) bond motifs is 2. The molecule has 3 aromatic carbocycles. The summed E-state index contributed by atoms with van der Waals surface area (Å²) in [6, 6.07) is 34.1. The van der Waals surface area contributed by atoms with Crippen molar-refractivity contribution in [2.24, 2.45) is 0 Å². The Morgan fingerprint density at radius 1 is 0.576 bits per heavy atom. The van der Waals surface area contributed by atoms with Crippen molar-refractivity contribution in [2.75, 3.05) is 30.2 Å². The molecule has 0 saturated heterocycles. The SMILES string of the molecule is COc1ccc(-c2cnn3ccc(NCc4cccnc4)nc23)cc1.COc1ccc(NC(=O)c2ccc(-c3cnn4ccc(NCc5cccnc5)nc34)cc2)cc1. The number of methoxy groups -OCH3 is 2. The van der Waals surface area contributed by atoms with Gasteiger partial charge >= 0.3 is 0 Å². The molecule has 0 bridgehead atoms. The largest absolute Gasteiger partial charge is 0.497 e. The first-order valence-electron chi connectivity index (χ1n) is 18.7. The Morgan fingerprint density at radius 2 is 1.05 bits per heavy atom. The quantitative estimate of drug-likeness (QED) is 0.110. The van der Waals surface area contributed by atoms with Gasteiger partial charge in [-0.15, -0.1) is 0 Å². The first-order chi connectivity index (χ1) is 29.0. The highest BCUT2D eigenvalue weighted by Gasteiger charge is 2.13. The normalized spacial score (nSPS) is 10.7. The lowest BCUT2D eigenvalue weighted by atomic mass is 10.1. The molecular weight excluding hydrogens is 743 g/mol. The lowest BCUT2D eigenvalue weighted by molar-refractivity contribution is 0.102. The summed E-state index contributed by atoms with van der Waals surface area (Å²) in [5, 5.41) is 18.3. The summed E-state index contributed by atoms with van der Waals surface area (Å²) in [6.45, 7) is 1.29. The smallest absolute Gasteiger partial charge is 0.255 e. The molecule has 14 nitrogen and oxygen atoms in total. The molecule has 0 aliphatic heterocycles. The van der Waals surface area contributed by atoms with E-state index in [4.69, 9.17) is 19.4 Å². The molecule has 0 fully saturated rings. The monoisotopic (exact) mass is 781 g/mol. The van der Waals surface area contributed by atoms with Crippen LogP contribution in [-0.4, -0.2) is 59.3 Å². The lowest BCUT2D eigenvalue weighted by Crippen LogP contribution is -2.11. The van der Waals surface area contributed by atoms with Gasteiger partial charge in [-0.3, -0.25) is 14.8 Å². The second-order valence-corrected chi connectivity index (χ2v) is 13.2. The fourth-order valence-electron chi connectivity index (χ4n) is 6.18. The van der Waals surface area contributed by atoms with Crippen LogP contribution < -0.4 is 25.4 Å². The average molecular weight is 782 g/mol. The Hall–Kier alpha value is -8.13. The molecule has 0 atom stereocenters. The third-order valence-electron chi connectivity index (χ3n) is 9.34. The van der Waals surface area contributed by atoms with Crippen LogP contribution in [0.1, 0.15) is 21.5 Å². The Bertz CT molecular complexity index is 2780. The number of hydrogen-bond acceptors (Lipinski definition) is 11. The summed E-state index contributed by atoms with van der Waals surface area (Å²) < 4.78 is 13.9. The van der Waals surface area contributed by atoms with Gasteiger partial charge in [-0.1, -0.05) is 36.4 Å². The van der Waals surface area contributed by atoms with Crippen LogP contribution in [0.15, 0.2) is 159 Å². The van der Waals surface area contributed by atoms with Gasteiger partial charge in [-0.05, 0) is 95.1 Å². The van der Waals surface area contributed by atoms with E-state index in [9.17, 15) is 4.79 Å². The summed E-state index contributed by atoms with van der Waals surface area (Å²) in [7, 11) is 3.26. The molecule has 6 aromatic heterocycles. The highest BCUT2D eigenvalue weighted by Crippen LogP contribution is 2.27. The van der Waals surface area contributed by atoms with Gasteiger partial charge in [0.05, 0.1) is 26.6 Å². The maximum absolute atomic E-state index is 12.6. The minimum atomic E-state index is -0.184. The first kappa shape index (κ1) is 37.8. The molecule has 3 N–H and O–H groups in total. The summed E-state index contributed by atoms with van der Waals surface area (Å²) >= 11 is 0. The fraction of sp³-hybridized carbons (Fsp3) is 0.0889. The summed E-state index contributed by atoms with van der Waals surface area (Å²) in [6.07, 6.45) is 14.6. The van der Waals surface area contributed by atoms with E-state index in [0.717, 1.165) is 67.8 Å². The van der Waals surface area contributed by atoms with E-state index in [1.165, 1.54) is 0 Å². The van der Waals surface area contributed by atoms with Gasteiger partial charge in [0.15, 0.2) is 11.3 Å². The molecule has 0 radical (unpaired) electrons. The van der Waals surface area contributed by atoms with Crippen LogP contribution in [0.2, 0.25) is 0 Å². The van der Waals surface area contributed by atoms with Crippen molar-refractivity contribution in [1.29, 1.82) is 0 Å². The number of amides is 1. The third-order valence-corrected chi connectivity index (χ3v) is 9.34. The lowest BCUT2D eigenvalue weighted by Gasteiger charge is -2.08. The van der Waals surface area contributed by atoms with Gasteiger partial charge in [0.1, 0.15) is 23.1 Å². The molecular formula is C45H39N11O3. The van der Waals surface area contributed by atoms with Gasteiger partial charge in [0, 0.05) is 72.6 Å². The van der Waals surface area contributed by atoms with Crippen molar-refractivity contribution in [1.82, 2.24) is 39.2 Å². The number of nitrogens with one attached hydrogen (secondary N) is 3. The van der Waals surface area contributed by atoms with E-state index in [0.29, 0.717) is 24.3 Å². The van der Waals surface area contributed by atoms with Gasteiger partial charge in [-0.25, -0.2) is 19.0 Å². The molecule has 14 heteroatoms. The zero-order valence-electron chi connectivity index (χ0n) is 32.2. The molecule has 9 aromatic rings. The number of hydrogen-bond donors (Lipinski definition) is 3. The van der Waals surface area contributed by atoms with Gasteiger partial charge < -0.3 is 25.4 Å². The van der Waals surface area contributed by atoms with Crippen molar-refractivity contribution in [2.45, 2.75) is 13.1 Å². The summed E-state index contributed by atoms with van der Waals surface area (Å²) in [4.78, 5) is 30.3. The predicted molar refractivity (Wildman–Crippen MR) is 227 cm³/mol. The molecule has 9 rings (SSSR count). The number of anilines is 3.